The molecule has 2 aliphatic rings. The molecule has 154 valence electrons. The number of likely N-dealkylation sites (tertiary alicyclic amines) is 1. The van der Waals surface area contributed by atoms with Gasteiger partial charge in [0.1, 0.15) is 4.90 Å². The summed E-state index contributed by atoms with van der Waals surface area (Å²) in [5.41, 5.74) is 0. The van der Waals surface area contributed by atoms with Crippen LogP contribution in [0.2, 0.25) is 0 Å². The van der Waals surface area contributed by atoms with Crippen molar-refractivity contribution < 1.29 is 13.2 Å². The fraction of sp³-hybridized carbons (Fsp3) is 0.625. The summed E-state index contributed by atoms with van der Waals surface area (Å²) in [5.74, 6) is -0.146. The standard InChI is InChI=1S/C16H25N5O3S.2ClH/c1-19(25(23,24)15-3-2-5-18-11-15)13-16(22)21-8-4-14(12-21)20-9-6-17-7-10-20;;/h2-3,5,11,14,17H,4,6-10,12-13H2,1H3;2*1H. The fourth-order valence-electron chi connectivity index (χ4n) is 3.37. The molecule has 8 nitrogen and oxygen atoms in total. The Morgan fingerprint density at radius 2 is 2.00 bits per heavy atom. The van der Waals surface area contributed by atoms with Crippen LogP contribution in [0.15, 0.2) is 29.4 Å². The predicted octanol–water partition coefficient (Wildman–Crippen LogP) is 0.0518. The summed E-state index contributed by atoms with van der Waals surface area (Å²) in [6.07, 6.45) is 3.77. The van der Waals surface area contributed by atoms with Gasteiger partial charge in [-0.2, -0.15) is 4.31 Å². The molecular weight excluding hydrogens is 413 g/mol. The van der Waals surface area contributed by atoms with E-state index < -0.39 is 10.0 Å². The summed E-state index contributed by atoms with van der Waals surface area (Å²) in [6.45, 7) is 5.19. The Morgan fingerprint density at radius 1 is 1.30 bits per heavy atom. The molecule has 2 saturated heterocycles. The van der Waals surface area contributed by atoms with Crippen molar-refractivity contribution in [2.24, 2.45) is 0 Å². The summed E-state index contributed by atoms with van der Waals surface area (Å²) in [5, 5.41) is 3.33. The van der Waals surface area contributed by atoms with Gasteiger partial charge in [0.2, 0.25) is 15.9 Å². The molecule has 1 aromatic heterocycles. The number of rotatable bonds is 5. The number of pyridine rings is 1. The Hall–Kier alpha value is -0.970. The molecule has 0 aromatic carbocycles. The zero-order chi connectivity index (χ0) is 17.9. The topological polar surface area (TPSA) is 85.9 Å². The number of carbonyl (C=O) groups excluding carboxylic acids is 1. The van der Waals surface area contributed by atoms with Gasteiger partial charge in [0.15, 0.2) is 0 Å². The highest BCUT2D eigenvalue weighted by Crippen LogP contribution is 2.18. The summed E-state index contributed by atoms with van der Waals surface area (Å²) >= 11 is 0. The van der Waals surface area contributed by atoms with E-state index in [-0.39, 0.29) is 42.2 Å². The van der Waals surface area contributed by atoms with Crippen LogP contribution in [0.4, 0.5) is 0 Å². The smallest absolute Gasteiger partial charge is 0.244 e. The number of piperazine rings is 1. The predicted molar refractivity (Wildman–Crippen MR) is 108 cm³/mol. The lowest BCUT2D eigenvalue weighted by molar-refractivity contribution is -0.130. The van der Waals surface area contributed by atoms with Gasteiger partial charge in [-0.3, -0.25) is 14.7 Å². The molecule has 1 aromatic rings. The molecule has 27 heavy (non-hydrogen) atoms. The van der Waals surface area contributed by atoms with Gasteiger partial charge < -0.3 is 10.2 Å². The molecule has 0 radical (unpaired) electrons. The average molecular weight is 440 g/mol. The first-order chi connectivity index (χ1) is 12.0. The van der Waals surface area contributed by atoms with E-state index in [1.54, 1.807) is 11.0 Å². The molecule has 0 saturated carbocycles. The van der Waals surface area contributed by atoms with Gasteiger partial charge in [0.05, 0.1) is 6.54 Å². The second-order valence-corrected chi connectivity index (χ2v) is 8.56. The van der Waals surface area contributed by atoms with Gasteiger partial charge in [-0.15, -0.1) is 24.8 Å². The monoisotopic (exact) mass is 439 g/mol. The van der Waals surface area contributed by atoms with Crippen molar-refractivity contribution in [3.8, 4) is 0 Å². The van der Waals surface area contributed by atoms with Gasteiger partial charge in [-0.25, -0.2) is 8.42 Å². The number of nitrogens with zero attached hydrogens (tertiary/aromatic N) is 4. The maximum absolute atomic E-state index is 12.5. The SMILES string of the molecule is CN(CC(=O)N1CCC(N2CCNCC2)C1)S(=O)(=O)c1cccnc1.Cl.Cl. The van der Waals surface area contributed by atoms with Crippen molar-refractivity contribution in [2.45, 2.75) is 17.4 Å². The van der Waals surface area contributed by atoms with Crippen molar-refractivity contribution in [1.82, 2.24) is 24.4 Å². The minimum atomic E-state index is -3.69. The van der Waals surface area contributed by atoms with E-state index in [2.05, 4.69) is 15.2 Å². The highest BCUT2D eigenvalue weighted by atomic mass is 35.5. The Morgan fingerprint density at radius 3 is 2.63 bits per heavy atom. The molecule has 2 aliphatic heterocycles. The van der Waals surface area contributed by atoms with Crippen LogP contribution in [-0.2, 0) is 14.8 Å². The Kier molecular flexibility index (Phi) is 9.40. The van der Waals surface area contributed by atoms with Crippen LogP contribution < -0.4 is 5.32 Å². The Balaban J connectivity index is 0.00000182. The number of sulfonamides is 1. The molecule has 1 atom stereocenters. The highest BCUT2D eigenvalue weighted by molar-refractivity contribution is 7.89. The third-order valence-corrected chi connectivity index (χ3v) is 6.67. The maximum atomic E-state index is 12.5. The van der Waals surface area contributed by atoms with Gasteiger partial charge in [0, 0.05) is 64.8 Å². The molecule has 3 rings (SSSR count). The third kappa shape index (κ3) is 5.75. The molecule has 0 aliphatic carbocycles. The first-order valence-corrected chi connectivity index (χ1v) is 10.0. The molecular formula is C16H27Cl2N5O3S. The first kappa shape index (κ1) is 24.1. The summed E-state index contributed by atoms with van der Waals surface area (Å²) < 4.78 is 26.1. The number of hydrogen-bond acceptors (Lipinski definition) is 6. The molecule has 0 bridgehead atoms. The molecule has 1 amide bonds. The second-order valence-electron chi connectivity index (χ2n) is 6.52. The van der Waals surface area contributed by atoms with Crippen LogP contribution in [0.3, 0.4) is 0 Å². The molecule has 0 spiro atoms. The Labute approximate surface area is 173 Å². The number of amides is 1. The van der Waals surface area contributed by atoms with Crippen LogP contribution in [0.5, 0.6) is 0 Å². The van der Waals surface area contributed by atoms with Crippen LogP contribution in [0, 0.1) is 0 Å². The zero-order valence-corrected chi connectivity index (χ0v) is 17.7. The van der Waals surface area contributed by atoms with Crippen molar-refractivity contribution in [2.75, 3.05) is 52.9 Å². The van der Waals surface area contributed by atoms with E-state index in [1.807, 2.05) is 0 Å². The number of carbonyl (C=O) groups is 1. The van der Waals surface area contributed by atoms with Gasteiger partial charge in [0.25, 0.3) is 0 Å². The van der Waals surface area contributed by atoms with E-state index in [0.717, 1.165) is 36.9 Å². The lowest BCUT2D eigenvalue weighted by Crippen LogP contribution is -2.49. The minimum absolute atomic E-state index is 0. The minimum Gasteiger partial charge on any atom is -0.340 e. The van der Waals surface area contributed by atoms with Gasteiger partial charge >= 0.3 is 0 Å². The lowest BCUT2D eigenvalue weighted by Gasteiger charge is -2.32. The normalized spacial score (nSPS) is 20.8. The number of nitrogens with one attached hydrogen (secondary N) is 1. The third-order valence-electron chi connectivity index (χ3n) is 4.88. The van der Waals surface area contributed by atoms with Crippen LogP contribution in [0.25, 0.3) is 0 Å². The zero-order valence-electron chi connectivity index (χ0n) is 15.3. The number of halogens is 2. The van der Waals surface area contributed by atoms with E-state index >= 15 is 0 Å². The second kappa shape index (κ2) is 10.5. The van der Waals surface area contributed by atoms with Crippen molar-refractivity contribution in [3.63, 3.8) is 0 Å². The lowest BCUT2D eigenvalue weighted by atomic mass is 10.2. The van der Waals surface area contributed by atoms with Gasteiger partial charge in [-0.05, 0) is 18.6 Å². The fourth-order valence-corrected chi connectivity index (χ4v) is 4.45. The summed E-state index contributed by atoms with van der Waals surface area (Å²) in [6, 6.07) is 3.44. The van der Waals surface area contributed by atoms with E-state index in [0.29, 0.717) is 19.1 Å². The van der Waals surface area contributed by atoms with E-state index in [4.69, 9.17) is 0 Å². The number of aromatic nitrogens is 1. The quantitative estimate of drug-likeness (QED) is 0.697. The molecule has 11 heteroatoms. The highest BCUT2D eigenvalue weighted by Gasteiger charge is 2.32. The van der Waals surface area contributed by atoms with E-state index in [1.165, 1.54) is 25.5 Å². The Bertz CT molecular complexity index is 701. The largest absolute Gasteiger partial charge is 0.340 e. The van der Waals surface area contributed by atoms with Crippen molar-refractivity contribution in [1.29, 1.82) is 0 Å². The number of hydrogen-bond donors (Lipinski definition) is 1. The molecule has 1 unspecified atom stereocenters. The van der Waals surface area contributed by atoms with Crippen LogP contribution >= 0.6 is 24.8 Å². The van der Waals surface area contributed by atoms with Gasteiger partial charge in [-0.1, -0.05) is 0 Å². The van der Waals surface area contributed by atoms with Crippen LogP contribution in [-0.4, -0.2) is 92.3 Å². The first-order valence-electron chi connectivity index (χ1n) is 8.57. The van der Waals surface area contributed by atoms with Crippen molar-refractivity contribution in [3.05, 3.63) is 24.5 Å². The summed E-state index contributed by atoms with van der Waals surface area (Å²) in [7, 11) is -2.26. The molecule has 1 N–H and O–H groups in total. The van der Waals surface area contributed by atoms with Crippen molar-refractivity contribution >= 4 is 40.7 Å². The maximum Gasteiger partial charge on any atom is 0.244 e. The summed E-state index contributed by atoms with van der Waals surface area (Å²) in [4.78, 5) is 20.7. The number of likely N-dealkylation sites (N-methyl/N-ethyl adjacent to an activating group) is 1. The molecule has 3 heterocycles. The van der Waals surface area contributed by atoms with E-state index in [9.17, 15) is 13.2 Å². The van der Waals surface area contributed by atoms with Crippen LogP contribution in [0.1, 0.15) is 6.42 Å². The average Bonchev–Trinajstić information content (AvgIpc) is 3.13. The molecule has 2 fully saturated rings.